The summed E-state index contributed by atoms with van der Waals surface area (Å²) in [6, 6.07) is 4.04. The fourth-order valence-electron chi connectivity index (χ4n) is 2.10. The van der Waals surface area contributed by atoms with Gasteiger partial charge >= 0.3 is 0 Å². The van der Waals surface area contributed by atoms with Crippen LogP contribution in [-0.4, -0.2) is 34.7 Å². The molecule has 1 unspecified atom stereocenters. The van der Waals surface area contributed by atoms with E-state index in [-0.39, 0.29) is 0 Å². The summed E-state index contributed by atoms with van der Waals surface area (Å²) >= 11 is 0. The van der Waals surface area contributed by atoms with Gasteiger partial charge in [-0.25, -0.2) is 0 Å². The molecular weight excluding hydrogens is 174 g/mol. The van der Waals surface area contributed by atoms with Crippen molar-refractivity contribution in [1.82, 2.24) is 15.1 Å². The fraction of sp³-hybridized carbons (Fsp3) is 0.636. The van der Waals surface area contributed by atoms with Gasteiger partial charge in [0.2, 0.25) is 0 Å². The van der Waals surface area contributed by atoms with Crippen molar-refractivity contribution in [2.45, 2.75) is 19.8 Å². The number of aromatic nitrogens is 2. The van der Waals surface area contributed by atoms with Gasteiger partial charge in [-0.3, -0.25) is 0 Å². The number of likely N-dealkylation sites (tertiary alicyclic amines) is 1. The van der Waals surface area contributed by atoms with Gasteiger partial charge in [0.1, 0.15) is 0 Å². The first kappa shape index (κ1) is 9.59. The second kappa shape index (κ2) is 4.51. The van der Waals surface area contributed by atoms with Crippen molar-refractivity contribution in [1.29, 1.82) is 0 Å². The Morgan fingerprint density at radius 2 is 2.50 bits per heavy atom. The largest absolute Gasteiger partial charge is 0.303 e. The van der Waals surface area contributed by atoms with Crippen LogP contribution in [0.1, 0.15) is 19.0 Å². The molecule has 3 nitrogen and oxygen atoms in total. The Morgan fingerprint density at radius 3 is 3.14 bits per heavy atom. The van der Waals surface area contributed by atoms with E-state index < -0.39 is 0 Å². The average Bonchev–Trinajstić information content (AvgIpc) is 2.67. The molecule has 1 fully saturated rings. The Kier molecular flexibility index (Phi) is 3.09. The van der Waals surface area contributed by atoms with E-state index in [4.69, 9.17) is 0 Å². The molecule has 0 bridgehead atoms. The SMILES string of the molecule is CCN1CCC(Cc2cccnn2)C1. The number of rotatable bonds is 3. The van der Waals surface area contributed by atoms with Gasteiger partial charge in [0.25, 0.3) is 0 Å². The van der Waals surface area contributed by atoms with Crippen molar-refractivity contribution in [3.8, 4) is 0 Å². The lowest BCUT2D eigenvalue weighted by Crippen LogP contribution is -2.20. The summed E-state index contributed by atoms with van der Waals surface area (Å²) in [6.45, 7) is 5.89. The molecule has 14 heavy (non-hydrogen) atoms. The Bertz CT molecular complexity index is 273. The molecule has 0 aromatic carbocycles. The first-order valence-electron chi connectivity index (χ1n) is 5.37. The molecule has 0 amide bonds. The van der Waals surface area contributed by atoms with Gasteiger partial charge in [0, 0.05) is 12.7 Å². The van der Waals surface area contributed by atoms with Crippen molar-refractivity contribution >= 4 is 0 Å². The average molecular weight is 191 g/mol. The van der Waals surface area contributed by atoms with Crippen LogP contribution >= 0.6 is 0 Å². The lowest BCUT2D eigenvalue weighted by molar-refractivity contribution is 0.341. The third kappa shape index (κ3) is 2.29. The van der Waals surface area contributed by atoms with Crippen LogP contribution in [0.4, 0.5) is 0 Å². The molecule has 2 heterocycles. The van der Waals surface area contributed by atoms with Crippen LogP contribution < -0.4 is 0 Å². The third-order valence-electron chi connectivity index (χ3n) is 2.94. The summed E-state index contributed by atoms with van der Waals surface area (Å²) in [5.74, 6) is 0.784. The molecule has 0 N–H and O–H groups in total. The molecular formula is C11H17N3. The van der Waals surface area contributed by atoms with Crippen molar-refractivity contribution in [3.63, 3.8) is 0 Å². The quantitative estimate of drug-likeness (QED) is 0.722. The standard InChI is InChI=1S/C11H17N3/c1-2-14-7-5-10(9-14)8-11-4-3-6-12-13-11/h3-4,6,10H,2,5,7-9H2,1H3. The highest BCUT2D eigenvalue weighted by Crippen LogP contribution is 2.18. The highest BCUT2D eigenvalue weighted by Gasteiger charge is 2.21. The van der Waals surface area contributed by atoms with E-state index in [1.54, 1.807) is 6.20 Å². The maximum Gasteiger partial charge on any atom is 0.0634 e. The van der Waals surface area contributed by atoms with Crippen molar-refractivity contribution < 1.29 is 0 Å². The van der Waals surface area contributed by atoms with E-state index in [2.05, 4.69) is 28.1 Å². The Hall–Kier alpha value is -0.960. The highest BCUT2D eigenvalue weighted by molar-refractivity contribution is 5.01. The summed E-state index contributed by atoms with van der Waals surface area (Å²) in [5.41, 5.74) is 1.13. The second-order valence-corrected chi connectivity index (χ2v) is 3.97. The Balaban J connectivity index is 1.88. The van der Waals surface area contributed by atoms with Crippen molar-refractivity contribution in [2.75, 3.05) is 19.6 Å². The van der Waals surface area contributed by atoms with Gasteiger partial charge < -0.3 is 4.90 Å². The molecule has 2 rings (SSSR count). The number of hydrogen-bond acceptors (Lipinski definition) is 3. The zero-order chi connectivity index (χ0) is 9.80. The van der Waals surface area contributed by atoms with Crippen molar-refractivity contribution in [2.24, 2.45) is 5.92 Å². The molecule has 0 radical (unpaired) electrons. The highest BCUT2D eigenvalue weighted by atomic mass is 15.1. The van der Waals surface area contributed by atoms with Gasteiger partial charge in [-0.2, -0.15) is 10.2 Å². The van der Waals surface area contributed by atoms with Gasteiger partial charge in [-0.05, 0) is 44.0 Å². The first-order valence-corrected chi connectivity index (χ1v) is 5.37. The van der Waals surface area contributed by atoms with Crippen LogP contribution in [0.25, 0.3) is 0 Å². The van der Waals surface area contributed by atoms with Crippen LogP contribution in [0, 0.1) is 5.92 Å². The summed E-state index contributed by atoms with van der Waals surface area (Å²) < 4.78 is 0. The lowest BCUT2D eigenvalue weighted by Gasteiger charge is -2.12. The van der Waals surface area contributed by atoms with Gasteiger partial charge in [-0.15, -0.1) is 0 Å². The second-order valence-electron chi connectivity index (χ2n) is 3.97. The fourth-order valence-corrected chi connectivity index (χ4v) is 2.10. The molecule has 1 aliphatic heterocycles. The molecule has 1 aromatic rings. The zero-order valence-corrected chi connectivity index (χ0v) is 8.69. The van der Waals surface area contributed by atoms with E-state index >= 15 is 0 Å². The first-order chi connectivity index (χ1) is 6.88. The minimum atomic E-state index is 0.784. The minimum Gasteiger partial charge on any atom is -0.303 e. The smallest absolute Gasteiger partial charge is 0.0634 e. The maximum absolute atomic E-state index is 4.12. The van der Waals surface area contributed by atoms with Crippen LogP contribution in [0.15, 0.2) is 18.3 Å². The Morgan fingerprint density at radius 1 is 1.57 bits per heavy atom. The van der Waals surface area contributed by atoms with Crippen LogP contribution in [0.3, 0.4) is 0 Å². The predicted octanol–water partition coefficient (Wildman–Crippen LogP) is 1.36. The Labute approximate surface area is 85.1 Å². The van der Waals surface area contributed by atoms with E-state index in [1.807, 2.05) is 6.07 Å². The van der Waals surface area contributed by atoms with Gasteiger partial charge in [-0.1, -0.05) is 6.92 Å². The van der Waals surface area contributed by atoms with E-state index in [9.17, 15) is 0 Å². The van der Waals surface area contributed by atoms with Gasteiger partial charge in [0.15, 0.2) is 0 Å². The molecule has 1 aliphatic rings. The molecule has 1 saturated heterocycles. The molecule has 0 spiro atoms. The van der Waals surface area contributed by atoms with Crippen LogP contribution in [0.5, 0.6) is 0 Å². The monoisotopic (exact) mass is 191 g/mol. The predicted molar refractivity (Wildman–Crippen MR) is 56.0 cm³/mol. The topological polar surface area (TPSA) is 29.0 Å². The lowest BCUT2D eigenvalue weighted by atomic mass is 10.0. The molecule has 3 heteroatoms. The van der Waals surface area contributed by atoms with E-state index in [0.29, 0.717) is 0 Å². The van der Waals surface area contributed by atoms with Crippen molar-refractivity contribution in [3.05, 3.63) is 24.0 Å². The summed E-state index contributed by atoms with van der Waals surface area (Å²) in [4.78, 5) is 2.50. The molecule has 1 atom stereocenters. The van der Waals surface area contributed by atoms with Crippen LogP contribution in [-0.2, 0) is 6.42 Å². The normalized spacial score (nSPS) is 22.8. The molecule has 76 valence electrons. The summed E-state index contributed by atoms with van der Waals surface area (Å²) in [7, 11) is 0. The third-order valence-corrected chi connectivity index (χ3v) is 2.94. The number of hydrogen-bond donors (Lipinski definition) is 0. The molecule has 0 aliphatic carbocycles. The number of nitrogens with zero attached hydrogens (tertiary/aromatic N) is 3. The maximum atomic E-state index is 4.12. The summed E-state index contributed by atoms with van der Waals surface area (Å²) in [5, 5.41) is 8.03. The van der Waals surface area contributed by atoms with E-state index in [1.165, 1.54) is 26.1 Å². The van der Waals surface area contributed by atoms with E-state index in [0.717, 1.165) is 18.0 Å². The zero-order valence-electron chi connectivity index (χ0n) is 8.69. The molecule has 0 saturated carbocycles. The summed E-state index contributed by atoms with van der Waals surface area (Å²) in [6.07, 6.45) is 4.13. The van der Waals surface area contributed by atoms with Crippen LogP contribution in [0.2, 0.25) is 0 Å². The minimum absolute atomic E-state index is 0.784. The molecule has 1 aromatic heterocycles. The van der Waals surface area contributed by atoms with Gasteiger partial charge in [0.05, 0.1) is 5.69 Å².